The molecule has 0 unspecified atom stereocenters. The van der Waals surface area contributed by atoms with Gasteiger partial charge in [-0.15, -0.1) is 0 Å². The lowest BCUT2D eigenvalue weighted by Crippen LogP contribution is -2.51. The lowest BCUT2D eigenvalue weighted by atomic mass is 9.81. The maximum absolute atomic E-state index is 12.4. The molecule has 0 aliphatic heterocycles. The molecule has 1 aromatic rings. The first-order chi connectivity index (χ1) is 10.5. The number of nitrogens with one attached hydrogen (secondary N) is 1. The van der Waals surface area contributed by atoms with Gasteiger partial charge in [-0.25, -0.2) is 0 Å². The van der Waals surface area contributed by atoms with E-state index in [0.717, 1.165) is 36.6 Å². The predicted octanol–water partition coefficient (Wildman–Crippen LogP) is 4.20. The molecule has 2 rings (SSSR count). The summed E-state index contributed by atoms with van der Waals surface area (Å²) >= 11 is 9.47. The molecule has 0 aromatic heterocycles. The van der Waals surface area contributed by atoms with Crippen LogP contribution in [-0.2, 0) is 4.79 Å². The maximum Gasteiger partial charge on any atom is 0.242 e. The summed E-state index contributed by atoms with van der Waals surface area (Å²) in [5.74, 6) is -0.0950. The van der Waals surface area contributed by atoms with E-state index in [4.69, 9.17) is 11.6 Å². The fourth-order valence-electron chi connectivity index (χ4n) is 2.82. The van der Waals surface area contributed by atoms with Crippen molar-refractivity contribution >= 4 is 39.1 Å². The first-order valence-electron chi connectivity index (χ1n) is 7.35. The molecule has 1 aliphatic rings. The summed E-state index contributed by atoms with van der Waals surface area (Å²) in [4.78, 5) is 14.0. The normalized spacial score (nSPS) is 16.6. The summed E-state index contributed by atoms with van der Waals surface area (Å²) in [5.41, 5.74) is 0.0572. The summed E-state index contributed by atoms with van der Waals surface area (Å²) in [7, 11) is 1.72. The molecule has 0 radical (unpaired) electrons. The third kappa shape index (κ3) is 3.74. The van der Waals surface area contributed by atoms with Crippen LogP contribution in [0.3, 0.4) is 0 Å². The highest BCUT2D eigenvalue weighted by atomic mass is 79.9. The number of nitrogens with zero attached hydrogens (tertiary/aromatic N) is 2. The number of halogens is 2. The van der Waals surface area contributed by atoms with E-state index in [0.29, 0.717) is 10.7 Å². The number of amides is 1. The number of likely N-dealkylation sites (N-methyl/N-ethyl adjacent to an activating group) is 1. The zero-order valence-corrected chi connectivity index (χ0v) is 14.9. The van der Waals surface area contributed by atoms with E-state index in [1.54, 1.807) is 18.0 Å². The average molecular weight is 385 g/mol. The zero-order valence-electron chi connectivity index (χ0n) is 12.5. The van der Waals surface area contributed by atoms with Crippen molar-refractivity contribution in [3.05, 3.63) is 27.7 Å². The van der Waals surface area contributed by atoms with Crippen LogP contribution in [0, 0.1) is 11.3 Å². The van der Waals surface area contributed by atoms with Gasteiger partial charge in [0.2, 0.25) is 5.91 Å². The third-order valence-electron chi connectivity index (χ3n) is 4.27. The molecule has 0 atom stereocenters. The largest absolute Gasteiger partial charge is 0.375 e. The van der Waals surface area contributed by atoms with Gasteiger partial charge >= 0.3 is 0 Å². The number of hydrogen-bond donors (Lipinski definition) is 1. The van der Waals surface area contributed by atoms with Crippen molar-refractivity contribution in [2.45, 2.75) is 37.6 Å². The van der Waals surface area contributed by atoms with E-state index in [1.165, 1.54) is 0 Å². The molecule has 1 fully saturated rings. The number of carbonyl (C=O) groups excluding carboxylic acids is 1. The fourth-order valence-corrected chi connectivity index (χ4v) is 3.56. The zero-order chi connectivity index (χ0) is 16.2. The Kier molecular flexibility index (Phi) is 5.71. The maximum atomic E-state index is 12.4. The van der Waals surface area contributed by atoms with E-state index in [-0.39, 0.29) is 12.5 Å². The average Bonchev–Trinajstić information content (AvgIpc) is 2.53. The van der Waals surface area contributed by atoms with Gasteiger partial charge in [0.15, 0.2) is 0 Å². The molecule has 0 saturated heterocycles. The molecular formula is C16H19BrClN3O. The number of anilines is 1. The molecule has 118 valence electrons. The molecule has 0 spiro atoms. The molecule has 1 N–H and O–H groups in total. The Morgan fingerprint density at radius 2 is 2.14 bits per heavy atom. The van der Waals surface area contributed by atoms with Crippen LogP contribution in [0.15, 0.2) is 22.7 Å². The molecule has 4 nitrogen and oxygen atoms in total. The Bertz CT molecular complexity index is 594. The minimum atomic E-state index is -0.652. The van der Waals surface area contributed by atoms with Crippen molar-refractivity contribution in [2.75, 3.05) is 18.9 Å². The van der Waals surface area contributed by atoms with Crippen LogP contribution in [0.2, 0.25) is 5.02 Å². The van der Waals surface area contributed by atoms with Gasteiger partial charge in [0.1, 0.15) is 5.54 Å². The van der Waals surface area contributed by atoms with E-state index in [1.807, 2.05) is 12.1 Å². The lowest BCUT2D eigenvalue weighted by Gasteiger charge is -2.39. The minimum Gasteiger partial charge on any atom is -0.375 e. The molecule has 0 bridgehead atoms. The first-order valence-corrected chi connectivity index (χ1v) is 8.52. The van der Waals surface area contributed by atoms with Crippen LogP contribution in [0.5, 0.6) is 0 Å². The van der Waals surface area contributed by atoms with Crippen molar-refractivity contribution in [3.8, 4) is 6.07 Å². The van der Waals surface area contributed by atoms with Crippen LogP contribution >= 0.6 is 27.5 Å². The van der Waals surface area contributed by atoms with E-state index in [9.17, 15) is 10.1 Å². The molecule has 1 aliphatic carbocycles. The van der Waals surface area contributed by atoms with Gasteiger partial charge in [0.05, 0.1) is 23.3 Å². The highest BCUT2D eigenvalue weighted by molar-refractivity contribution is 9.10. The van der Waals surface area contributed by atoms with E-state index in [2.05, 4.69) is 27.3 Å². The fraction of sp³-hybridized carbons (Fsp3) is 0.500. The van der Waals surface area contributed by atoms with E-state index < -0.39 is 5.54 Å². The monoisotopic (exact) mass is 383 g/mol. The smallest absolute Gasteiger partial charge is 0.242 e. The minimum absolute atomic E-state index is 0.0950. The van der Waals surface area contributed by atoms with Crippen molar-refractivity contribution in [3.63, 3.8) is 0 Å². The number of hydrogen-bond acceptors (Lipinski definition) is 3. The van der Waals surface area contributed by atoms with Gasteiger partial charge in [-0.2, -0.15) is 5.26 Å². The van der Waals surface area contributed by atoms with Gasteiger partial charge in [0.25, 0.3) is 0 Å². The summed E-state index contributed by atoms with van der Waals surface area (Å²) < 4.78 is 0.886. The van der Waals surface area contributed by atoms with Gasteiger partial charge in [-0.3, -0.25) is 4.79 Å². The van der Waals surface area contributed by atoms with Crippen molar-refractivity contribution in [1.82, 2.24) is 4.90 Å². The van der Waals surface area contributed by atoms with Gasteiger partial charge < -0.3 is 10.2 Å². The van der Waals surface area contributed by atoms with Gasteiger partial charge in [-0.05, 0) is 31.0 Å². The molecular weight excluding hydrogens is 366 g/mol. The summed E-state index contributed by atoms with van der Waals surface area (Å²) in [6, 6.07) is 7.82. The highest BCUT2D eigenvalue weighted by Crippen LogP contribution is 2.32. The second-order valence-electron chi connectivity index (χ2n) is 5.63. The molecule has 1 amide bonds. The van der Waals surface area contributed by atoms with Crippen molar-refractivity contribution in [1.29, 1.82) is 5.26 Å². The SMILES string of the molecule is CN(C(=O)CNc1ccc(Br)cc1Cl)C1(C#N)CCCCC1. The van der Waals surface area contributed by atoms with Crippen LogP contribution < -0.4 is 5.32 Å². The number of benzene rings is 1. The van der Waals surface area contributed by atoms with E-state index >= 15 is 0 Å². The second-order valence-corrected chi connectivity index (χ2v) is 6.96. The van der Waals surface area contributed by atoms with Crippen LogP contribution in [-0.4, -0.2) is 29.9 Å². The van der Waals surface area contributed by atoms with Crippen LogP contribution in [0.4, 0.5) is 5.69 Å². The predicted molar refractivity (Wildman–Crippen MR) is 91.8 cm³/mol. The lowest BCUT2D eigenvalue weighted by molar-refractivity contribution is -0.132. The highest BCUT2D eigenvalue weighted by Gasteiger charge is 2.38. The summed E-state index contributed by atoms with van der Waals surface area (Å²) in [5, 5.41) is 13.1. The Hall–Kier alpha value is -1.25. The summed E-state index contributed by atoms with van der Waals surface area (Å²) in [6.45, 7) is 0.126. The standard InChI is InChI=1S/C16H19BrClN3O/c1-21(16(11-19)7-3-2-4-8-16)15(22)10-20-14-6-5-12(17)9-13(14)18/h5-6,9,20H,2-4,7-8,10H2,1H3. The van der Waals surface area contributed by atoms with Crippen molar-refractivity contribution < 1.29 is 4.79 Å². The Morgan fingerprint density at radius 3 is 2.73 bits per heavy atom. The first kappa shape index (κ1) is 17.1. The number of carbonyl (C=O) groups is 1. The third-order valence-corrected chi connectivity index (χ3v) is 5.07. The quantitative estimate of drug-likeness (QED) is 0.846. The molecule has 0 heterocycles. The molecule has 22 heavy (non-hydrogen) atoms. The van der Waals surface area contributed by atoms with Gasteiger partial charge in [0, 0.05) is 11.5 Å². The second kappa shape index (κ2) is 7.34. The Labute approximate surface area is 144 Å². The number of nitriles is 1. The molecule has 1 saturated carbocycles. The Balaban J connectivity index is 2.00. The summed E-state index contributed by atoms with van der Waals surface area (Å²) in [6.07, 6.45) is 4.64. The number of rotatable bonds is 4. The molecule has 6 heteroatoms. The van der Waals surface area contributed by atoms with Gasteiger partial charge in [-0.1, -0.05) is 46.8 Å². The molecule has 1 aromatic carbocycles. The topological polar surface area (TPSA) is 56.1 Å². The van der Waals surface area contributed by atoms with Crippen LogP contribution in [0.1, 0.15) is 32.1 Å². The Morgan fingerprint density at radius 1 is 1.45 bits per heavy atom. The van der Waals surface area contributed by atoms with Crippen LogP contribution in [0.25, 0.3) is 0 Å². The van der Waals surface area contributed by atoms with Crippen molar-refractivity contribution in [2.24, 2.45) is 0 Å².